The summed E-state index contributed by atoms with van der Waals surface area (Å²) in [5.41, 5.74) is 0.269. The van der Waals surface area contributed by atoms with Gasteiger partial charge in [-0.05, 0) is 24.2 Å². The Morgan fingerprint density at radius 3 is 2.38 bits per heavy atom. The SMILES string of the molecule is CC(C)(C)C(CCl)COCC1CC1. The van der Waals surface area contributed by atoms with Crippen molar-refractivity contribution in [1.82, 2.24) is 0 Å². The van der Waals surface area contributed by atoms with Gasteiger partial charge in [0.25, 0.3) is 0 Å². The lowest BCUT2D eigenvalue weighted by atomic mass is 9.82. The second-order valence-electron chi connectivity index (χ2n) is 5.20. The molecule has 1 aliphatic carbocycles. The van der Waals surface area contributed by atoms with E-state index in [1.165, 1.54) is 12.8 Å². The van der Waals surface area contributed by atoms with Gasteiger partial charge in [0.2, 0.25) is 0 Å². The Balaban J connectivity index is 2.14. The van der Waals surface area contributed by atoms with Crippen LogP contribution in [0, 0.1) is 17.3 Å². The highest BCUT2D eigenvalue weighted by Crippen LogP contribution is 2.31. The summed E-state index contributed by atoms with van der Waals surface area (Å²) in [4.78, 5) is 0. The molecule has 0 heterocycles. The van der Waals surface area contributed by atoms with Crippen LogP contribution in [0.5, 0.6) is 0 Å². The van der Waals surface area contributed by atoms with Crippen molar-refractivity contribution in [1.29, 1.82) is 0 Å². The van der Waals surface area contributed by atoms with Crippen molar-refractivity contribution in [2.45, 2.75) is 33.6 Å². The summed E-state index contributed by atoms with van der Waals surface area (Å²) in [6.45, 7) is 8.44. The van der Waals surface area contributed by atoms with Gasteiger partial charge in [0.1, 0.15) is 0 Å². The van der Waals surface area contributed by atoms with Gasteiger partial charge in [-0.25, -0.2) is 0 Å². The zero-order valence-electron chi connectivity index (χ0n) is 8.98. The number of hydrogen-bond acceptors (Lipinski definition) is 1. The molecule has 1 fully saturated rings. The quantitative estimate of drug-likeness (QED) is 0.625. The third-order valence-electron chi connectivity index (χ3n) is 2.78. The standard InChI is InChI=1S/C11H21ClO/c1-11(2,3)10(6-12)8-13-7-9-4-5-9/h9-10H,4-8H2,1-3H3. The summed E-state index contributed by atoms with van der Waals surface area (Å²) in [5.74, 6) is 2.04. The maximum Gasteiger partial charge on any atom is 0.0510 e. The second kappa shape index (κ2) is 4.65. The van der Waals surface area contributed by atoms with E-state index < -0.39 is 0 Å². The van der Waals surface area contributed by atoms with Gasteiger partial charge >= 0.3 is 0 Å². The Bertz CT molecular complexity index is 147. The predicted octanol–water partition coefficient (Wildman–Crippen LogP) is 3.31. The number of halogens is 1. The normalized spacial score (nSPS) is 20.3. The van der Waals surface area contributed by atoms with Crippen LogP contribution in [0.25, 0.3) is 0 Å². The lowest BCUT2D eigenvalue weighted by Gasteiger charge is -2.28. The summed E-state index contributed by atoms with van der Waals surface area (Å²) in [6, 6.07) is 0. The third kappa shape index (κ3) is 4.33. The minimum Gasteiger partial charge on any atom is -0.381 e. The molecule has 0 N–H and O–H groups in total. The third-order valence-corrected chi connectivity index (χ3v) is 3.15. The lowest BCUT2D eigenvalue weighted by Crippen LogP contribution is -2.27. The van der Waals surface area contributed by atoms with Crippen LogP contribution in [0.4, 0.5) is 0 Å². The molecule has 1 saturated carbocycles. The van der Waals surface area contributed by atoms with Crippen molar-refractivity contribution in [2.75, 3.05) is 19.1 Å². The number of hydrogen-bond donors (Lipinski definition) is 0. The maximum atomic E-state index is 5.90. The van der Waals surface area contributed by atoms with Crippen molar-refractivity contribution in [3.63, 3.8) is 0 Å². The van der Waals surface area contributed by atoms with E-state index in [2.05, 4.69) is 20.8 Å². The molecule has 2 heteroatoms. The highest BCUT2D eigenvalue weighted by atomic mass is 35.5. The molecule has 0 aliphatic heterocycles. The molecule has 1 rings (SSSR count). The predicted molar refractivity (Wildman–Crippen MR) is 57.2 cm³/mol. The van der Waals surface area contributed by atoms with Crippen molar-refractivity contribution in [3.8, 4) is 0 Å². The summed E-state index contributed by atoms with van der Waals surface area (Å²) in [5, 5.41) is 0. The first kappa shape index (κ1) is 11.3. The fraction of sp³-hybridized carbons (Fsp3) is 1.00. The first-order chi connectivity index (χ1) is 6.04. The molecule has 0 aromatic heterocycles. The van der Waals surface area contributed by atoms with Crippen LogP contribution in [-0.2, 0) is 4.74 Å². The van der Waals surface area contributed by atoms with Gasteiger partial charge in [0, 0.05) is 18.4 Å². The van der Waals surface area contributed by atoms with E-state index >= 15 is 0 Å². The highest BCUT2D eigenvalue weighted by molar-refractivity contribution is 6.18. The number of ether oxygens (including phenoxy) is 1. The molecule has 1 aliphatic rings. The monoisotopic (exact) mass is 204 g/mol. The Morgan fingerprint density at radius 1 is 1.38 bits per heavy atom. The molecule has 1 unspecified atom stereocenters. The minimum atomic E-state index is 0.269. The molecule has 0 spiro atoms. The molecule has 0 amide bonds. The molecule has 0 saturated heterocycles. The van der Waals surface area contributed by atoms with E-state index in [1.807, 2.05) is 0 Å². The number of alkyl halides is 1. The summed E-state index contributed by atoms with van der Waals surface area (Å²) in [6.07, 6.45) is 2.72. The largest absolute Gasteiger partial charge is 0.381 e. The van der Waals surface area contributed by atoms with Gasteiger partial charge in [0.15, 0.2) is 0 Å². The fourth-order valence-corrected chi connectivity index (χ4v) is 1.74. The molecule has 1 nitrogen and oxygen atoms in total. The average molecular weight is 205 g/mol. The Labute approximate surface area is 86.8 Å². The van der Waals surface area contributed by atoms with E-state index in [-0.39, 0.29) is 5.41 Å². The van der Waals surface area contributed by atoms with Gasteiger partial charge < -0.3 is 4.74 Å². The van der Waals surface area contributed by atoms with Gasteiger partial charge in [-0.3, -0.25) is 0 Å². The summed E-state index contributed by atoms with van der Waals surface area (Å²) < 4.78 is 5.65. The first-order valence-corrected chi connectivity index (χ1v) is 5.71. The van der Waals surface area contributed by atoms with Gasteiger partial charge in [0.05, 0.1) is 6.61 Å². The van der Waals surface area contributed by atoms with Crippen molar-refractivity contribution >= 4 is 11.6 Å². The van der Waals surface area contributed by atoms with Crippen LogP contribution in [0.3, 0.4) is 0 Å². The van der Waals surface area contributed by atoms with Crippen LogP contribution in [0.2, 0.25) is 0 Å². The first-order valence-electron chi connectivity index (χ1n) is 5.17. The van der Waals surface area contributed by atoms with E-state index in [0.29, 0.717) is 11.8 Å². The van der Waals surface area contributed by atoms with Crippen molar-refractivity contribution in [2.24, 2.45) is 17.3 Å². The zero-order valence-corrected chi connectivity index (χ0v) is 9.73. The minimum absolute atomic E-state index is 0.269. The second-order valence-corrected chi connectivity index (χ2v) is 5.51. The molecular weight excluding hydrogens is 184 g/mol. The topological polar surface area (TPSA) is 9.23 Å². The maximum absolute atomic E-state index is 5.90. The van der Waals surface area contributed by atoms with Crippen molar-refractivity contribution < 1.29 is 4.74 Å². The van der Waals surface area contributed by atoms with Crippen molar-refractivity contribution in [3.05, 3.63) is 0 Å². The van der Waals surface area contributed by atoms with E-state index in [4.69, 9.17) is 16.3 Å². The Kier molecular flexibility index (Phi) is 4.06. The Morgan fingerprint density at radius 2 is 2.00 bits per heavy atom. The fourth-order valence-electron chi connectivity index (χ4n) is 1.19. The Hall–Kier alpha value is 0.250. The lowest BCUT2D eigenvalue weighted by molar-refractivity contribution is 0.0595. The molecule has 0 bridgehead atoms. The number of rotatable bonds is 5. The molecule has 0 aromatic carbocycles. The average Bonchev–Trinajstić information content (AvgIpc) is 2.78. The van der Waals surface area contributed by atoms with Gasteiger partial charge in [-0.1, -0.05) is 20.8 Å². The van der Waals surface area contributed by atoms with Crippen LogP contribution < -0.4 is 0 Å². The van der Waals surface area contributed by atoms with E-state index in [9.17, 15) is 0 Å². The van der Waals surface area contributed by atoms with Crippen LogP contribution in [0.1, 0.15) is 33.6 Å². The van der Waals surface area contributed by atoms with Crippen LogP contribution in [0.15, 0.2) is 0 Å². The highest BCUT2D eigenvalue weighted by Gasteiger charge is 2.26. The van der Waals surface area contributed by atoms with Gasteiger partial charge in [-0.2, -0.15) is 0 Å². The zero-order chi connectivity index (χ0) is 9.90. The molecule has 0 radical (unpaired) electrons. The smallest absolute Gasteiger partial charge is 0.0510 e. The summed E-state index contributed by atoms with van der Waals surface area (Å²) in [7, 11) is 0. The van der Waals surface area contributed by atoms with E-state index in [0.717, 1.165) is 19.1 Å². The van der Waals surface area contributed by atoms with Crippen LogP contribution >= 0.6 is 11.6 Å². The van der Waals surface area contributed by atoms with Gasteiger partial charge in [-0.15, -0.1) is 11.6 Å². The summed E-state index contributed by atoms with van der Waals surface area (Å²) >= 11 is 5.90. The molecule has 78 valence electrons. The molecule has 1 atom stereocenters. The molecular formula is C11H21ClO. The van der Waals surface area contributed by atoms with Crippen LogP contribution in [-0.4, -0.2) is 19.1 Å². The molecule has 0 aromatic rings. The van der Waals surface area contributed by atoms with E-state index in [1.54, 1.807) is 0 Å². The molecule has 13 heavy (non-hydrogen) atoms.